The lowest BCUT2D eigenvalue weighted by molar-refractivity contribution is -0.131. The van der Waals surface area contributed by atoms with Gasteiger partial charge in [-0.15, -0.1) is 0 Å². The molecule has 0 saturated carbocycles. The van der Waals surface area contributed by atoms with Crippen LogP contribution in [-0.4, -0.2) is 28.9 Å². The number of hydrogen-bond acceptors (Lipinski definition) is 4. The number of alkyl carbamates (subject to hydrolysis) is 1. The van der Waals surface area contributed by atoms with Gasteiger partial charge in [0.15, 0.2) is 0 Å². The van der Waals surface area contributed by atoms with Gasteiger partial charge in [-0.1, -0.05) is 12.1 Å². The lowest BCUT2D eigenvalue weighted by Gasteiger charge is -2.22. The molecular weight excluding hydrogens is 387 g/mol. The molecule has 0 aromatic heterocycles. The van der Waals surface area contributed by atoms with E-state index in [1.54, 1.807) is 26.3 Å². The molecule has 6 nitrogen and oxygen atoms in total. The first-order chi connectivity index (χ1) is 9.71. The van der Waals surface area contributed by atoms with E-state index in [0.717, 1.165) is 9.13 Å². The molecule has 0 radical (unpaired) electrons. The molecule has 0 aliphatic rings. The number of carbonyl (C=O) groups is 2. The summed E-state index contributed by atoms with van der Waals surface area (Å²) in [7, 11) is 0. The van der Waals surface area contributed by atoms with Gasteiger partial charge in [0.2, 0.25) is 0 Å². The average molecular weight is 406 g/mol. The van der Waals surface area contributed by atoms with Gasteiger partial charge in [-0.3, -0.25) is 10.0 Å². The summed E-state index contributed by atoms with van der Waals surface area (Å²) in [5.74, 6) is -0.695. The van der Waals surface area contributed by atoms with E-state index >= 15 is 0 Å². The Labute approximate surface area is 137 Å². The fraction of sp³-hybridized carbons (Fsp3) is 0.429. The highest BCUT2D eigenvalue weighted by Crippen LogP contribution is 2.10. The van der Waals surface area contributed by atoms with Crippen LogP contribution in [0.4, 0.5) is 4.79 Å². The van der Waals surface area contributed by atoms with E-state index in [0.29, 0.717) is 0 Å². The standard InChI is InChI=1S/C14H19IN2O4/c1-14(2,3)21-13(19)16-11(12(18)17-20)8-9-4-6-10(15)7-5-9/h4-7,11,20H,8H2,1-3H3,(H,16,19)(H,17,18). The number of hydrogen-bond donors (Lipinski definition) is 3. The third-order valence-electron chi connectivity index (χ3n) is 2.47. The largest absolute Gasteiger partial charge is 0.444 e. The molecule has 0 bridgehead atoms. The molecule has 1 atom stereocenters. The van der Waals surface area contributed by atoms with E-state index in [4.69, 9.17) is 9.94 Å². The predicted octanol–water partition coefficient (Wildman–Crippen LogP) is 2.23. The molecular formula is C14H19IN2O4. The van der Waals surface area contributed by atoms with Gasteiger partial charge in [0.1, 0.15) is 11.6 Å². The highest BCUT2D eigenvalue weighted by Gasteiger charge is 2.24. The van der Waals surface area contributed by atoms with Crippen LogP contribution in [-0.2, 0) is 16.0 Å². The number of halogens is 1. The topological polar surface area (TPSA) is 87.7 Å². The predicted molar refractivity (Wildman–Crippen MR) is 85.9 cm³/mol. The van der Waals surface area contributed by atoms with Crippen molar-refractivity contribution in [2.24, 2.45) is 0 Å². The zero-order valence-corrected chi connectivity index (χ0v) is 14.3. The van der Waals surface area contributed by atoms with Crippen molar-refractivity contribution in [2.75, 3.05) is 0 Å². The van der Waals surface area contributed by atoms with Crippen LogP contribution in [0.1, 0.15) is 26.3 Å². The van der Waals surface area contributed by atoms with E-state index in [1.165, 1.54) is 0 Å². The van der Waals surface area contributed by atoms with Gasteiger partial charge < -0.3 is 10.1 Å². The van der Waals surface area contributed by atoms with Gasteiger partial charge in [-0.25, -0.2) is 10.3 Å². The molecule has 1 aromatic rings. The maximum atomic E-state index is 11.7. The average Bonchev–Trinajstić information content (AvgIpc) is 2.37. The highest BCUT2D eigenvalue weighted by molar-refractivity contribution is 14.1. The third kappa shape index (κ3) is 6.76. The molecule has 3 N–H and O–H groups in total. The molecule has 1 aromatic carbocycles. The second-order valence-electron chi connectivity index (χ2n) is 5.51. The molecule has 2 amide bonds. The van der Waals surface area contributed by atoms with Crippen molar-refractivity contribution in [3.63, 3.8) is 0 Å². The van der Waals surface area contributed by atoms with Crippen molar-refractivity contribution in [1.29, 1.82) is 0 Å². The lowest BCUT2D eigenvalue weighted by atomic mass is 10.1. The minimum Gasteiger partial charge on any atom is -0.444 e. The molecule has 0 saturated heterocycles. The van der Waals surface area contributed by atoms with Crippen LogP contribution in [0.3, 0.4) is 0 Å². The summed E-state index contributed by atoms with van der Waals surface area (Å²) in [6, 6.07) is 6.60. The monoisotopic (exact) mass is 406 g/mol. The molecule has 0 aliphatic heterocycles. The van der Waals surface area contributed by atoms with Crippen molar-refractivity contribution >= 4 is 34.6 Å². The molecule has 0 spiro atoms. The summed E-state index contributed by atoms with van der Waals surface area (Å²) in [6.45, 7) is 5.19. The Bertz CT molecular complexity index is 497. The maximum Gasteiger partial charge on any atom is 0.408 e. The molecule has 1 rings (SSSR count). The number of nitrogens with one attached hydrogen (secondary N) is 2. The quantitative estimate of drug-likeness (QED) is 0.407. The van der Waals surface area contributed by atoms with E-state index in [9.17, 15) is 9.59 Å². The molecule has 1 unspecified atom stereocenters. The summed E-state index contributed by atoms with van der Waals surface area (Å²) < 4.78 is 6.18. The second-order valence-corrected chi connectivity index (χ2v) is 6.75. The Morgan fingerprint density at radius 3 is 2.33 bits per heavy atom. The van der Waals surface area contributed by atoms with E-state index in [2.05, 4.69) is 27.9 Å². The van der Waals surface area contributed by atoms with Crippen molar-refractivity contribution < 1.29 is 19.5 Å². The van der Waals surface area contributed by atoms with E-state index < -0.39 is 23.6 Å². The van der Waals surface area contributed by atoms with Crippen LogP contribution in [0.2, 0.25) is 0 Å². The molecule has 0 fully saturated rings. The SMILES string of the molecule is CC(C)(C)OC(=O)NC(Cc1ccc(I)cc1)C(=O)NO. The van der Waals surface area contributed by atoms with Gasteiger partial charge in [0, 0.05) is 9.99 Å². The number of rotatable bonds is 4. The molecule has 0 heterocycles. The van der Waals surface area contributed by atoms with Gasteiger partial charge >= 0.3 is 6.09 Å². The minimum atomic E-state index is -0.912. The normalized spacial score (nSPS) is 12.4. The zero-order chi connectivity index (χ0) is 16.0. The Hall–Kier alpha value is -1.35. The Morgan fingerprint density at radius 2 is 1.86 bits per heavy atom. The summed E-state index contributed by atoms with van der Waals surface area (Å²) >= 11 is 2.18. The third-order valence-corrected chi connectivity index (χ3v) is 3.19. The molecule has 116 valence electrons. The van der Waals surface area contributed by atoms with Crippen LogP contribution in [0.25, 0.3) is 0 Å². The van der Waals surface area contributed by atoms with Gasteiger partial charge in [-0.05, 0) is 61.1 Å². The molecule has 0 aliphatic carbocycles. The Morgan fingerprint density at radius 1 is 1.29 bits per heavy atom. The van der Waals surface area contributed by atoms with Crippen LogP contribution in [0.5, 0.6) is 0 Å². The van der Waals surface area contributed by atoms with Crippen LogP contribution >= 0.6 is 22.6 Å². The van der Waals surface area contributed by atoms with Crippen molar-refractivity contribution in [3.05, 3.63) is 33.4 Å². The number of ether oxygens (including phenoxy) is 1. The van der Waals surface area contributed by atoms with Crippen LogP contribution in [0.15, 0.2) is 24.3 Å². The van der Waals surface area contributed by atoms with Crippen molar-refractivity contribution in [3.8, 4) is 0 Å². The Kier molecular flexibility index (Phi) is 6.41. The first-order valence-corrected chi connectivity index (χ1v) is 7.47. The number of carbonyl (C=O) groups excluding carboxylic acids is 2. The van der Waals surface area contributed by atoms with Crippen molar-refractivity contribution in [1.82, 2.24) is 10.8 Å². The Balaban J connectivity index is 2.74. The fourth-order valence-electron chi connectivity index (χ4n) is 1.59. The summed E-state index contributed by atoms with van der Waals surface area (Å²) in [6.07, 6.45) is -0.454. The smallest absolute Gasteiger partial charge is 0.408 e. The van der Waals surface area contributed by atoms with E-state index in [-0.39, 0.29) is 6.42 Å². The van der Waals surface area contributed by atoms with Gasteiger partial charge in [-0.2, -0.15) is 0 Å². The van der Waals surface area contributed by atoms with Crippen molar-refractivity contribution in [2.45, 2.75) is 38.8 Å². The second kappa shape index (κ2) is 7.60. The number of amides is 2. The number of hydroxylamine groups is 1. The van der Waals surface area contributed by atoms with E-state index in [1.807, 2.05) is 24.3 Å². The first-order valence-electron chi connectivity index (χ1n) is 6.39. The molecule has 21 heavy (non-hydrogen) atoms. The zero-order valence-electron chi connectivity index (χ0n) is 12.1. The van der Waals surface area contributed by atoms with Gasteiger partial charge in [0.05, 0.1) is 0 Å². The fourth-order valence-corrected chi connectivity index (χ4v) is 1.95. The molecule has 7 heteroatoms. The lowest BCUT2D eigenvalue weighted by Crippen LogP contribution is -2.48. The number of benzene rings is 1. The summed E-state index contributed by atoms with van der Waals surface area (Å²) in [4.78, 5) is 23.4. The van der Waals surface area contributed by atoms with Crippen LogP contribution in [0, 0.1) is 3.57 Å². The minimum absolute atomic E-state index is 0.253. The highest BCUT2D eigenvalue weighted by atomic mass is 127. The maximum absolute atomic E-state index is 11.7. The summed E-state index contributed by atoms with van der Waals surface area (Å²) in [5.41, 5.74) is 1.76. The van der Waals surface area contributed by atoms with Gasteiger partial charge in [0.25, 0.3) is 5.91 Å². The first kappa shape index (κ1) is 17.7. The van der Waals surface area contributed by atoms with Crippen LogP contribution < -0.4 is 10.8 Å². The summed E-state index contributed by atoms with van der Waals surface area (Å²) in [5, 5.41) is 11.2.